The summed E-state index contributed by atoms with van der Waals surface area (Å²) in [7, 11) is 0. The lowest BCUT2D eigenvalue weighted by Crippen LogP contribution is -2.27. The second kappa shape index (κ2) is 8.00. The van der Waals surface area contributed by atoms with E-state index in [4.69, 9.17) is 22.1 Å². The topological polar surface area (TPSA) is 55.6 Å². The molecule has 0 bridgehead atoms. The molecule has 0 aliphatic carbocycles. The molecule has 4 nitrogen and oxygen atoms in total. The largest absolute Gasteiger partial charge is 0.462 e. The van der Waals surface area contributed by atoms with Crippen molar-refractivity contribution in [3.63, 3.8) is 0 Å². The predicted molar refractivity (Wildman–Crippen MR) is 84.6 cm³/mol. The van der Waals surface area contributed by atoms with Crippen molar-refractivity contribution in [3.8, 4) is 0 Å². The molecule has 0 atom stereocenters. The highest BCUT2D eigenvalue weighted by Crippen LogP contribution is 2.33. The smallest absolute Gasteiger partial charge is 0.340 e. The Hall–Kier alpha value is -1.42. The number of halogens is 1. The zero-order valence-electron chi connectivity index (χ0n) is 12.4. The van der Waals surface area contributed by atoms with Crippen molar-refractivity contribution < 1.29 is 9.53 Å². The zero-order chi connectivity index (χ0) is 15.1. The van der Waals surface area contributed by atoms with Crippen LogP contribution in [0.25, 0.3) is 0 Å². The molecular weight excluding hydrogens is 276 g/mol. The molecule has 1 aromatic carbocycles. The lowest BCUT2D eigenvalue weighted by atomic mass is 10.1. The van der Waals surface area contributed by atoms with E-state index in [0.29, 0.717) is 22.9 Å². The molecule has 20 heavy (non-hydrogen) atoms. The molecule has 0 radical (unpaired) electrons. The number of nitrogens with zero attached hydrogens (tertiary/aromatic N) is 1. The zero-order valence-corrected chi connectivity index (χ0v) is 13.2. The number of hydrogen-bond acceptors (Lipinski definition) is 4. The molecule has 0 unspecified atom stereocenters. The molecule has 0 aliphatic rings. The molecular formula is C15H23ClN2O2. The Labute approximate surface area is 125 Å². The molecule has 0 saturated carbocycles. The fourth-order valence-corrected chi connectivity index (χ4v) is 2.53. The molecule has 5 heteroatoms. The molecule has 0 spiro atoms. The van der Waals surface area contributed by atoms with Crippen molar-refractivity contribution in [2.45, 2.75) is 33.6 Å². The summed E-state index contributed by atoms with van der Waals surface area (Å²) in [6.07, 6.45) is 1.95. The first-order valence-corrected chi connectivity index (χ1v) is 7.43. The number of rotatable bonds is 7. The van der Waals surface area contributed by atoms with E-state index in [2.05, 4.69) is 18.7 Å². The van der Waals surface area contributed by atoms with Crippen molar-refractivity contribution in [1.82, 2.24) is 0 Å². The van der Waals surface area contributed by atoms with Crippen molar-refractivity contribution in [3.05, 3.63) is 22.7 Å². The van der Waals surface area contributed by atoms with Gasteiger partial charge < -0.3 is 15.4 Å². The van der Waals surface area contributed by atoms with Crippen LogP contribution in [0.3, 0.4) is 0 Å². The van der Waals surface area contributed by atoms with Gasteiger partial charge in [-0.15, -0.1) is 0 Å². The molecule has 1 rings (SSSR count). The standard InChI is InChI=1S/C15H23ClN2O2/c1-4-7-18(8-5-2)14-12(15(19)20-6-3)9-11(17)10-13(14)16/h9-10H,4-8,17H2,1-3H3. The minimum Gasteiger partial charge on any atom is -0.462 e. The van der Waals surface area contributed by atoms with Crippen LogP contribution in [0.1, 0.15) is 44.0 Å². The number of anilines is 2. The van der Waals surface area contributed by atoms with Gasteiger partial charge in [-0.1, -0.05) is 25.4 Å². The summed E-state index contributed by atoms with van der Waals surface area (Å²) >= 11 is 6.32. The summed E-state index contributed by atoms with van der Waals surface area (Å²) in [4.78, 5) is 14.2. The molecule has 2 N–H and O–H groups in total. The van der Waals surface area contributed by atoms with Gasteiger partial charge in [0.2, 0.25) is 0 Å². The van der Waals surface area contributed by atoms with Crippen LogP contribution in [0.15, 0.2) is 12.1 Å². The first kappa shape index (κ1) is 16.6. The highest BCUT2D eigenvalue weighted by Gasteiger charge is 2.21. The van der Waals surface area contributed by atoms with Gasteiger partial charge in [-0.2, -0.15) is 0 Å². The summed E-state index contributed by atoms with van der Waals surface area (Å²) in [6, 6.07) is 3.31. The molecule has 1 aromatic rings. The number of benzene rings is 1. The maximum atomic E-state index is 12.1. The number of nitrogens with two attached hydrogens (primary N) is 1. The Morgan fingerprint density at radius 3 is 2.35 bits per heavy atom. The van der Waals surface area contributed by atoms with Crippen LogP contribution in [0.2, 0.25) is 5.02 Å². The van der Waals surface area contributed by atoms with Crippen molar-refractivity contribution in [2.75, 3.05) is 30.3 Å². The van der Waals surface area contributed by atoms with Gasteiger partial charge in [0.1, 0.15) is 0 Å². The third kappa shape index (κ3) is 4.04. The van der Waals surface area contributed by atoms with Crippen molar-refractivity contribution >= 4 is 28.9 Å². The van der Waals surface area contributed by atoms with Gasteiger partial charge in [-0.3, -0.25) is 0 Å². The molecule has 0 amide bonds. The molecule has 0 saturated heterocycles. The lowest BCUT2D eigenvalue weighted by molar-refractivity contribution is 0.0527. The van der Waals surface area contributed by atoms with E-state index in [0.717, 1.165) is 31.6 Å². The van der Waals surface area contributed by atoms with E-state index in [1.54, 1.807) is 19.1 Å². The van der Waals surface area contributed by atoms with E-state index in [1.807, 2.05) is 0 Å². The van der Waals surface area contributed by atoms with E-state index < -0.39 is 0 Å². The van der Waals surface area contributed by atoms with Crippen LogP contribution in [-0.2, 0) is 4.74 Å². The van der Waals surface area contributed by atoms with Crippen LogP contribution in [0, 0.1) is 0 Å². The molecule has 112 valence electrons. The monoisotopic (exact) mass is 298 g/mol. The summed E-state index contributed by atoms with van der Waals surface area (Å²) in [5.41, 5.74) is 7.44. The molecule has 0 aromatic heterocycles. The molecule has 0 heterocycles. The van der Waals surface area contributed by atoms with Crippen LogP contribution in [0.4, 0.5) is 11.4 Å². The van der Waals surface area contributed by atoms with E-state index in [-0.39, 0.29) is 5.97 Å². The average molecular weight is 299 g/mol. The third-order valence-electron chi connectivity index (χ3n) is 2.88. The van der Waals surface area contributed by atoms with Gasteiger partial charge in [0, 0.05) is 18.8 Å². The van der Waals surface area contributed by atoms with Crippen molar-refractivity contribution in [1.29, 1.82) is 0 Å². The summed E-state index contributed by atoms with van der Waals surface area (Å²) in [5, 5.41) is 0.495. The van der Waals surface area contributed by atoms with Crippen LogP contribution >= 0.6 is 11.6 Å². The minimum atomic E-state index is -0.381. The van der Waals surface area contributed by atoms with E-state index in [9.17, 15) is 4.79 Å². The fourth-order valence-electron chi connectivity index (χ4n) is 2.18. The van der Waals surface area contributed by atoms with Gasteiger partial charge in [-0.25, -0.2) is 4.79 Å². The van der Waals surface area contributed by atoms with E-state index in [1.165, 1.54) is 0 Å². The number of esters is 1. The normalized spacial score (nSPS) is 10.4. The van der Waals surface area contributed by atoms with Crippen molar-refractivity contribution in [2.24, 2.45) is 0 Å². The number of carbonyl (C=O) groups excluding carboxylic acids is 1. The summed E-state index contributed by atoms with van der Waals surface area (Å²) in [6.45, 7) is 7.97. The Morgan fingerprint density at radius 2 is 1.85 bits per heavy atom. The van der Waals surface area contributed by atoms with Gasteiger partial charge in [-0.05, 0) is 31.9 Å². The minimum absolute atomic E-state index is 0.326. The number of ether oxygens (including phenoxy) is 1. The molecule has 0 aliphatic heterocycles. The molecule has 0 fully saturated rings. The van der Waals surface area contributed by atoms with Gasteiger partial charge in [0.05, 0.1) is 22.9 Å². The predicted octanol–water partition coefficient (Wildman–Crippen LogP) is 3.73. The lowest BCUT2D eigenvalue weighted by Gasteiger charge is -2.27. The fraction of sp³-hybridized carbons (Fsp3) is 0.533. The van der Waals surface area contributed by atoms with Gasteiger partial charge >= 0.3 is 5.97 Å². The average Bonchev–Trinajstić information content (AvgIpc) is 2.38. The Bertz CT molecular complexity index is 457. The Morgan fingerprint density at radius 1 is 1.25 bits per heavy atom. The second-order valence-electron chi connectivity index (χ2n) is 4.61. The quantitative estimate of drug-likeness (QED) is 0.615. The maximum Gasteiger partial charge on any atom is 0.340 e. The van der Waals surface area contributed by atoms with Crippen LogP contribution < -0.4 is 10.6 Å². The highest BCUT2D eigenvalue weighted by atomic mass is 35.5. The van der Waals surface area contributed by atoms with Gasteiger partial charge in [0.15, 0.2) is 0 Å². The van der Waals surface area contributed by atoms with Crippen LogP contribution in [0.5, 0.6) is 0 Å². The van der Waals surface area contributed by atoms with E-state index >= 15 is 0 Å². The number of carbonyl (C=O) groups is 1. The highest BCUT2D eigenvalue weighted by molar-refractivity contribution is 6.34. The Kier molecular flexibility index (Phi) is 6.65. The number of nitrogen functional groups attached to an aromatic ring is 1. The maximum absolute atomic E-state index is 12.1. The summed E-state index contributed by atoms with van der Waals surface area (Å²) < 4.78 is 5.11. The summed E-state index contributed by atoms with van der Waals surface area (Å²) in [5.74, 6) is -0.381. The SMILES string of the molecule is CCCN(CCC)c1c(Cl)cc(N)cc1C(=O)OCC. The number of hydrogen-bond donors (Lipinski definition) is 1. The first-order chi connectivity index (χ1) is 9.54. The van der Waals surface area contributed by atoms with Crippen LogP contribution in [-0.4, -0.2) is 25.7 Å². The first-order valence-electron chi connectivity index (χ1n) is 7.06. The Balaban J connectivity index is 3.29. The second-order valence-corrected chi connectivity index (χ2v) is 5.01. The van der Waals surface area contributed by atoms with Gasteiger partial charge in [0.25, 0.3) is 0 Å². The third-order valence-corrected chi connectivity index (χ3v) is 3.17.